The Balaban J connectivity index is 1.48. The molecule has 0 radical (unpaired) electrons. The molecule has 2 heterocycles. The number of phenols is 1. The lowest BCUT2D eigenvalue weighted by atomic mass is 9.57. The Morgan fingerprint density at radius 1 is 1.12 bits per heavy atom. The molecule has 222 valence electrons. The molecule has 11 nitrogen and oxygen atoms in total. The molecule has 0 spiro atoms. The number of aliphatic hydroxyl groups excluding tert-OH is 2. The number of Topliss-reactive ketones (excluding diaryl/α,β-unsaturated/α-hetero) is 2. The van der Waals surface area contributed by atoms with Crippen molar-refractivity contribution in [3.63, 3.8) is 0 Å². The van der Waals surface area contributed by atoms with Crippen molar-refractivity contribution in [2.75, 3.05) is 27.2 Å². The number of fused-ring (bicyclic) bond motifs is 3. The Morgan fingerprint density at radius 3 is 2.50 bits per heavy atom. The van der Waals surface area contributed by atoms with Crippen molar-refractivity contribution in [3.8, 4) is 17.1 Å². The number of piperidine rings is 1. The minimum Gasteiger partial charge on any atom is -0.508 e. The van der Waals surface area contributed by atoms with Crippen LogP contribution in [0.1, 0.15) is 42.4 Å². The number of ketones is 2. The van der Waals surface area contributed by atoms with Gasteiger partial charge in [-0.2, -0.15) is 0 Å². The van der Waals surface area contributed by atoms with Gasteiger partial charge in [-0.15, -0.1) is 0 Å². The highest BCUT2D eigenvalue weighted by Crippen LogP contribution is 2.53. The van der Waals surface area contributed by atoms with E-state index in [9.17, 15) is 34.8 Å². The third-order valence-electron chi connectivity index (χ3n) is 9.44. The summed E-state index contributed by atoms with van der Waals surface area (Å²) in [6.07, 6.45) is 5.32. The van der Waals surface area contributed by atoms with Gasteiger partial charge in [0.25, 0.3) is 5.91 Å². The molecule has 11 heteroatoms. The molecule has 1 aliphatic heterocycles. The molecule has 6 N–H and O–H groups in total. The van der Waals surface area contributed by atoms with Crippen LogP contribution in [0.15, 0.2) is 45.8 Å². The van der Waals surface area contributed by atoms with Crippen molar-refractivity contribution in [2.45, 2.75) is 50.3 Å². The van der Waals surface area contributed by atoms with Gasteiger partial charge < -0.3 is 30.6 Å². The van der Waals surface area contributed by atoms with Crippen LogP contribution in [-0.4, -0.2) is 86.5 Å². The number of hydrogen-bond acceptors (Lipinski definition) is 10. The van der Waals surface area contributed by atoms with Crippen molar-refractivity contribution in [2.24, 2.45) is 17.6 Å². The first-order chi connectivity index (χ1) is 20.0. The van der Waals surface area contributed by atoms with Crippen LogP contribution in [0.3, 0.4) is 0 Å². The van der Waals surface area contributed by atoms with Crippen LogP contribution in [0.5, 0.6) is 5.75 Å². The lowest BCUT2D eigenvalue weighted by Gasteiger charge is -2.50. The van der Waals surface area contributed by atoms with Crippen LogP contribution < -0.4 is 5.73 Å². The summed E-state index contributed by atoms with van der Waals surface area (Å²) < 4.78 is 5.96. The molecule has 1 saturated carbocycles. The molecule has 1 aromatic carbocycles. The predicted molar refractivity (Wildman–Crippen MR) is 151 cm³/mol. The Hall–Kier alpha value is -3.93. The van der Waals surface area contributed by atoms with Crippen LogP contribution >= 0.6 is 0 Å². The Morgan fingerprint density at radius 2 is 1.83 bits per heavy atom. The highest BCUT2D eigenvalue weighted by atomic mass is 16.3. The van der Waals surface area contributed by atoms with Crippen LogP contribution in [0.2, 0.25) is 0 Å². The number of furan rings is 1. The molecule has 4 aliphatic rings. The van der Waals surface area contributed by atoms with Gasteiger partial charge in [-0.1, -0.05) is 6.42 Å². The number of benzene rings is 1. The minimum atomic E-state index is -2.67. The van der Waals surface area contributed by atoms with Crippen molar-refractivity contribution in [1.82, 2.24) is 9.80 Å². The number of nitrogens with zero attached hydrogens (tertiary/aromatic N) is 2. The standard InChI is InChI=1S/C31H35N3O8/c1-33(2)24-19-13-16-12-18-17(27-15(8-11-42-27)14-34-9-4-3-5-10-34)6-7-20(35)22(18)25(36)21(16)28(38)31(19,41)29(39)23(26(24)37)30(32)40/h6-8,11,16,19,24,35-36,39,41H,3-5,9-10,12-14H2,1-2H3,(H2,32,40)/t16-,19-,24-,31-/m0/s1. The summed E-state index contributed by atoms with van der Waals surface area (Å²) in [7, 11) is 3.15. The van der Waals surface area contributed by atoms with E-state index in [1.807, 2.05) is 6.07 Å². The van der Waals surface area contributed by atoms with Gasteiger partial charge in [-0.3, -0.25) is 24.2 Å². The average molecular weight is 578 g/mol. The number of aromatic hydroxyl groups is 1. The van der Waals surface area contributed by atoms with E-state index in [4.69, 9.17) is 10.2 Å². The van der Waals surface area contributed by atoms with Crippen LogP contribution in [0, 0.1) is 11.8 Å². The van der Waals surface area contributed by atoms with Crippen LogP contribution in [0.25, 0.3) is 17.1 Å². The third kappa shape index (κ3) is 4.02. The number of rotatable bonds is 5. The number of carbonyl (C=O) groups is 3. The van der Waals surface area contributed by atoms with E-state index in [1.165, 1.54) is 17.4 Å². The highest BCUT2D eigenvalue weighted by molar-refractivity contribution is 6.24. The van der Waals surface area contributed by atoms with E-state index in [0.29, 0.717) is 23.4 Å². The van der Waals surface area contributed by atoms with Gasteiger partial charge in [0.2, 0.25) is 5.78 Å². The molecule has 0 bridgehead atoms. The Bertz CT molecular complexity index is 1560. The molecule has 1 saturated heterocycles. The number of hydrogen-bond donors (Lipinski definition) is 5. The van der Waals surface area contributed by atoms with E-state index in [2.05, 4.69) is 4.90 Å². The molecular weight excluding hydrogens is 542 g/mol. The van der Waals surface area contributed by atoms with Crippen molar-refractivity contribution in [1.29, 1.82) is 0 Å². The second-order valence-electron chi connectivity index (χ2n) is 12.1. The first-order valence-electron chi connectivity index (χ1n) is 14.3. The van der Waals surface area contributed by atoms with Gasteiger partial charge in [-0.05, 0) is 82.5 Å². The minimum absolute atomic E-state index is 0.0274. The lowest BCUT2D eigenvalue weighted by molar-refractivity contribution is -0.153. The zero-order valence-corrected chi connectivity index (χ0v) is 23.6. The molecule has 3 aliphatic carbocycles. The zero-order chi connectivity index (χ0) is 30.1. The molecule has 2 aromatic rings. The fraction of sp³-hybridized carbons (Fsp3) is 0.452. The van der Waals surface area contributed by atoms with Crippen molar-refractivity contribution < 1.29 is 39.2 Å². The number of likely N-dealkylation sites (tertiary alicyclic amines) is 1. The average Bonchev–Trinajstić information content (AvgIpc) is 3.38. The first kappa shape index (κ1) is 28.2. The fourth-order valence-corrected chi connectivity index (χ4v) is 7.51. The largest absolute Gasteiger partial charge is 0.508 e. The maximum atomic E-state index is 14.0. The van der Waals surface area contributed by atoms with Gasteiger partial charge in [0.15, 0.2) is 11.4 Å². The summed E-state index contributed by atoms with van der Waals surface area (Å²) in [6, 6.07) is 3.94. The normalized spacial score (nSPS) is 28.1. The zero-order valence-electron chi connectivity index (χ0n) is 23.6. The molecule has 2 fully saturated rings. The first-order valence-corrected chi connectivity index (χ1v) is 14.3. The molecule has 1 aromatic heterocycles. The summed E-state index contributed by atoms with van der Waals surface area (Å²) in [5.74, 6) is -6.13. The maximum Gasteiger partial charge on any atom is 0.255 e. The highest BCUT2D eigenvalue weighted by Gasteiger charge is 2.64. The Labute approximate surface area is 242 Å². The topological polar surface area (TPSA) is 178 Å². The molecule has 42 heavy (non-hydrogen) atoms. The fourth-order valence-electron chi connectivity index (χ4n) is 7.51. The molecule has 1 amide bonds. The molecule has 6 rings (SSSR count). The Kier molecular flexibility index (Phi) is 6.79. The van der Waals surface area contributed by atoms with Gasteiger partial charge in [0.1, 0.15) is 28.6 Å². The lowest BCUT2D eigenvalue weighted by Crippen LogP contribution is -2.65. The predicted octanol–water partition coefficient (Wildman–Crippen LogP) is 2.21. The SMILES string of the molecule is CN(C)[C@@H]1C(=O)C(C(N)=O)=C(O)[C@@]2(O)C(=O)C3=C(O)c4c(O)ccc(-c5occc5CN5CCCCC5)c4C[C@H]3C[C@@H]12. The summed E-state index contributed by atoms with van der Waals surface area (Å²) in [4.78, 5) is 43.4. The van der Waals surface area contributed by atoms with E-state index < -0.39 is 58.0 Å². The van der Waals surface area contributed by atoms with Gasteiger partial charge >= 0.3 is 0 Å². The van der Waals surface area contributed by atoms with E-state index in [0.717, 1.165) is 31.5 Å². The van der Waals surface area contributed by atoms with E-state index >= 15 is 0 Å². The number of aliphatic hydroxyl groups is 3. The number of amides is 1. The number of phenolic OH excluding ortho intramolecular Hbond substituents is 1. The summed E-state index contributed by atoms with van der Waals surface area (Å²) >= 11 is 0. The van der Waals surface area contributed by atoms with Crippen molar-refractivity contribution >= 4 is 23.2 Å². The third-order valence-corrected chi connectivity index (χ3v) is 9.44. The smallest absolute Gasteiger partial charge is 0.255 e. The molecular formula is C31H35N3O8. The van der Waals surface area contributed by atoms with Gasteiger partial charge in [0, 0.05) is 29.2 Å². The van der Waals surface area contributed by atoms with E-state index in [1.54, 1.807) is 26.4 Å². The second-order valence-corrected chi connectivity index (χ2v) is 12.1. The summed E-state index contributed by atoms with van der Waals surface area (Å²) in [5, 5.41) is 45.2. The van der Waals surface area contributed by atoms with Gasteiger partial charge in [-0.25, -0.2) is 0 Å². The maximum absolute atomic E-state index is 14.0. The second kappa shape index (κ2) is 10.1. The number of nitrogens with two attached hydrogens (primary N) is 1. The van der Waals surface area contributed by atoms with Gasteiger partial charge in [0.05, 0.1) is 17.9 Å². The van der Waals surface area contributed by atoms with E-state index in [-0.39, 0.29) is 29.7 Å². The summed E-state index contributed by atoms with van der Waals surface area (Å²) in [5.41, 5.74) is 3.97. The number of primary amides is 1. The number of carbonyl (C=O) groups excluding carboxylic acids is 3. The van der Waals surface area contributed by atoms with Crippen LogP contribution in [0.4, 0.5) is 0 Å². The molecule has 4 atom stereocenters. The molecule has 0 unspecified atom stereocenters. The number of likely N-dealkylation sites (N-methyl/N-ethyl adjacent to an activating group) is 1. The van der Waals surface area contributed by atoms with Crippen LogP contribution in [-0.2, 0) is 27.3 Å². The summed E-state index contributed by atoms with van der Waals surface area (Å²) in [6.45, 7) is 2.67. The van der Waals surface area contributed by atoms with Crippen molar-refractivity contribution in [3.05, 3.63) is 58.1 Å². The monoisotopic (exact) mass is 577 g/mol. The quantitative estimate of drug-likeness (QED) is 0.331.